The van der Waals surface area contributed by atoms with Crippen LogP contribution in [0.1, 0.15) is 0 Å². The second kappa shape index (κ2) is 5.42. The summed E-state index contributed by atoms with van der Waals surface area (Å²) in [7, 11) is 0. The van der Waals surface area contributed by atoms with E-state index in [2.05, 4.69) is 31.9 Å². The maximum absolute atomic E-state index is 13.4. The fourth-order valence-electron chi connectivity index (χ4n) is 1.28. The zero-order chi connectivity index (χ0) is 12.4. The van der Waals surface area contributed by atoms with Crippen molar-refractivity contribution in [1.29, 1.82) is 0 Å². The van der Waals surface area contributed by atoms with Crippen LogP contribution in [0.4, 0.5) is 10.1 Å². The molecule has 2 rings (SSSR count). The Kier molecular flexibility index (Phi) is 4.12. The molecule has 2 N–H and O–H groups in total. The van der Waals surface area contributed by atoms with Crippen LogP contribution in [-0.2, 0) is 0 Å². The highest BCUT2D eigenvalue weighted by molar-refractivity contribution is 9.10. The first kappa shape index (κ1) is 12.9. The molecule has 0 saturated heterocycles. The molecule has 0 atom stereocenters. The lowest BCUT2D eigenvalue weighted by Crippen LogP contribution is -1.91. The van der Waals surface area contributed by atoms with Crippen molar-refractivity contribution >= 4 is 49.3 Å². The van der Waals surface area contributed by atoms with Crippen LogP contribution in [0.3, 0.4) is 0 Å². The second-order valence-corrected chi connectivity index (χ2v) is 6.13. The number of halogens is 3. The minimum atomic E-state index is -0.311. The Labute approximate surface area is 120 Å². The van der Waals surface area contributed by atoms with Gasteiger partial charge in [0.2, 0.25) is 0 Å². The molecular weight excluding hydrogens is 369 g/mol. The van der Waals surface area contributed by atoms with Gasteiger partial charge in [0, 0.05) is 20.0 Å². The summed E-state index contributed by atoms with van der Waals surface area (Å²) < 4.78 is 14.8. The quantitative estimate of drug-likeness (QED) is 0.739. The van der Waals surface area contributed by atoms with E-state index in [1.807, 2.05) is 24.3 Å². The molecule has 5 heteroatoms. The zero-order valence-corrected chi connectivity index (χ0v) is 12.6. The van der Waals surface area contributed by atoms with E-state index >= 15 is 0 Å². The molecule has 88 valence electrons. The fourth-order valence-corrected chi connectivity index (χ4v) is 3.06. The summed E-state index contributed by atoms with van der Waals surface area (Å²) in [5.74, 6) is -0.311. The van der Waals surface area contributed by atoms with Gasteiger partial charge in [0.15, 0.2) is 0 Å². The van der Waals surface area contributed by atoms with E-state index in [-0.39, 0.29) is 5.82 Å². The molecule has 0 heterocycles. The number of benzene rings is 2. The molecule has 1 nitrogen and oxygen atoms in total. The van der Waals surface area contributed by atoms with Crippen molar-refractivity contribution < 1.29 is 4.39 Å². The van der Waals surface area contributed by atoms with Crippen LogP contribution < -0.4 is 5.73 Å². The third-order valence-corrected chi connectivity index (χ3v) is 4.82. The lowest BCUT2D eigenvalue weighted by atomic mass is 10.3. The molecule has 0 aromatic heterocycles. The van der Waals surface area contributed by atoms with Crippen molar-refractivity contribution in [2.75, 3.05) is 5.73 Å². The Morgan fingerprint density at radius 1 is 1.00 bits per heavy atom. The zero-order valence-electron chi connectivity index (χ0n) is 8.58. The average Bonchev–Trinajstić information content (AvgIpc) is 2.29. The Balaban J connectivity index is 2.37. The minimum absolute atomic E-state index is 0.311. The lowest BCUT2D eigenvalue weighted by Gasteiger charge is -2.08. The first-order chi connectivity index (χ1) is 8.08. The highest BCUT2D eigenvalue weighted by Crippen LogP contribution is 2.38. The number of nitrogens with two attached hydrogens (primary N) is 1. The molecule has 2 aromatic rings. The van der Waals surface area contributed by atoms with Gasteiger partial charge in [0.05, 0.1) is 4.47 Å². The van der Waals surface area contributed by atoms with E-state index in [0.717, 1.165) is 9.37 Å². The summed E-state index contributed by atoms with van der Waals surface area (Å²) in [6, 6.07) is 10.8. The van der Waals surface area contributed by atoms with Crippen LogP contribution in [-0.4, -0.2) is 0 Å². The van der Waals surface area contributed by atoms with Crippen LogP contribution in [0.15, 0.2) is 55.1 Å². The fraction of sp³-hybridized carbons (Fsp3) is 0. The summed E-state index contributed by atoms with van der Waals surface area (Å²) in [6.45, 7) is 0. The van der Waals surface area contributed by atoms with E-state index in [0.29, 0.717) is 15.1 Å². The van der Waals surface area contributed by atoms with E-state index in [4.69, 9.17) is 5.73 Å². The van der Waals surface area contributed by atoms with E-state index < -0.39 is 0 Å². The molecule has 0 aliphatic carbocycles. The predicted molar refractivity (Wildman–Crippen MR) is 76.8 cm³/mol. The van der Waals surface area contributed by atoms with Gasteiger partial charge in [0.1, 0.15) is 5.82 Å². The maximum atomic E-state index is 13.4. The van der Waals surface area contributed by atoms with Crippen molar-refractivity contribution in [3.8, 4) is 0 Å². The molecule has 0 aliphatic rings. The Hall–Kier alpha value is -0.520. The smallest absolute Gasteiger partial charge is 0.138 e. The molecular formula is C12H8Br2FNS. The SMILES string of the molecule is Nc1cc(Br)c(F)cc1Sc1ccccc1Br. The molecule has 0 amide bonds. The molecule has 17 heavy (non-hydrogen) atoms. The molecule has 0 bridgehead atoms. The molecule has 0 unspecified atom stereocenters. The van der Waals surface area contributed by atoms with Crippen molar-refractivity contribution in [3.63, 3.8) is 0 Å². The monoisotopic (exact) mass is 375 g/mol. The van der Waals surface area contributed by atoms with Gasteiger partial charge in [-0.2, -0.15) is 0 Å². The van der Waals surface area contributed by atoms with Gasteiger partial charge >= 0.3 is 0 Å². The van der Waals surface area contributed by atoms with E-state index in [1.54, 1.807) is 6.07 Å². The average molecular weight is 377 g/mol. The minimum Gasteiger partial charge on any atom is -0.398 e. The van der Waals surface area contributed by atoms with Gasteiger partial charge in [-0.1, -0.05) is 23.9 Å². The first-order valence-corrected chi connectivity index (χ1v) is 7.15. The van der Waals surface area contributed by atoms with Gasteiger partial charge < -0.3 is 5.73 Å². The maximum Gasteiger partial charge on any atom is 0.138 e. The lowest BCUT2D eigenvalue weighted by molar-refractivity contribution is 0.618. The van der Waals surface area contributed by atoms with Gasteiger partial charge in [-0.25, -0.2) is 4.39 Å². The number of hydrogen-bond acceptors (Lipinski definition) is 2. The summed E-state index contributed by atoms with van der Waals surface area (Å²) in [5, 5.41) is 0. The molecule has 0 spiro atoms. The van der Waals surface area contributed by atoms with Crippen molar-refractivity contribution in [2.24, 2.45) is 0 Å². The standard InChI is InChI=1S/C12H8Br2FNS/c13-7-3-1-2-4-11(7)17-12-6-9(15)8(14)5-10(12)16/h1-6H,16H2. The summed E-state index contributed by atoms with van der Waals surface area (Å²) in [5.41, 5.74) is 6.41. The van der Waals surface area contributed by atoms with Crippen molar-refractivity contribution in [3.05, 3.63) is 51.2 Å². The third-order valence-electron chi connectivity index (χ3n) is 2.11. The van der Waals surface area contributed by atoms with Gasteiger partial charge in [0.25, 0.3) is 0 Å². The highest BCUT2D eigenvalue weighted by atomic mass is 79.9. The number of anilines is 1. The van der Waals surface area contributed by atoms with E-state index in [9.17, 15) is 4.39 Å². The first-order valence-electron chi connectivity index (χ1n) is 4.75. The Morgan fingerprint density at radius 2 is 1.71 bits per heavy atom. The van der Waals surface area contributed by atoms with Crippen LogP contribution in [0, 0.1) is 5.82 Å². The largest absolute Gasteiger partial charge is 0.398 e. The van der Waals surface area contributed by atoms with E-state index in [1.165, 1.54) is 17.8 Å². The molecule has 0 saturated carbocycles. The molecule has 2 aromatic carbocycles. The highest BCUT2D eigenvalue weighted by Gasteiger charge is 2.09. The number of hydrogen-bond donors (Lipinski definition) is 1. The van der Waals surface area contributed by atoms with Crippen LogP contribution in [0.5, 0.6) is 0 Å². The summed E-state index contributed by atoms with van der Waals surface area (Å²) in [4.78, 5) is 1.71. The van der Waals surface area contributed by atoms with Gasteiger partial charge in [-0.05, 0) is 56.1 Å². The summed E-state index contributed by atoms with van der Waals surface area (Å²) in [6.07, 6.45) is 0. The third kappa shape index (κ3) is 3.03. The van der Waals surface area contributed by atoms with Crippen molar-refractivity contribution in [1.82, 2.24) is 0 Å². The predicted octanol–water partition coefficient (Wildman–Crippen LogP) is 5.08. The van der Waals surface area contributed by atoms with Crippen LogP contribution in [0.25, 0.3) is 0 Å². The van der Waals surface area contributed by atoms with Gasteiger partial charge in [-0.15, -0.1) is 0 Å². The number of rotatable bonds is 2. The van der Waals surface area contributed by atoms with Crippen molar-refractivity contribution in [2.45, 2.75) is 9.79 Å². The molecule has 0 radical (unpaired) electrons. The Morgan fingerprint density at radius 3 is 2.41 bits per heavy atom. The number of nitrogen functional groups attached to an aromatic ring is 1. The second-order valence-electron chi connectivity index (χ2n) is 3.34. The molecule has 0 aliphatic heterocycles. The van der Waals surface area contributed by atoms with Crippen LogP contribution in [0.2, 0.25) is 0 Å². The Bertz CT molecular complexity index is 560. The molecule has 0 fully saturated rings. The topological polar surface area (TPSA) is 26.0 Å². The summed E-state index contributed by atoms with van der Waals surface area (Å²) >= 11 is 7.98. The van der Waals surface area contributed by atoms with Crippen LogP contribution >= 0.6 is 43.6 Å². The van der Waals surface area contributed by atoms with Gasteiger partial charge in [-0.3, -0.25) is 0 Å². The normalized spacial score (nSPS) is 10.5.